The van der Waals surface area contributed by atoms with Crippen LogP contribution in [0.2, 0.25) is 0 Å². The van der Waals surface area contributed by atoms with E-state index < -0.39 is 0 Å². The average Bonchev–Trinajstić information content (AvgIpc) is 2.36. The van der Waals surface area contributed by atoms with Crippen LogP contribution in [0.3, 0.4) is 0 Å². The topological polar surface area (TPSA) is 12.5 Å². The highest BCUT2D eigenvalue weighted by Gasteiger charge is 2.12. The first-order valence-electron chi connectivity index (χ1n) is 6.14. The maximum atomic E-state index is 5.17. The maximum absolute atomic E-state index is 5.17. The molecule has 96 valence electrons. The Kier molecular flexibility index (Phi) is 6.78. The molecule has 17 heavy (non-hydrogen) atoms. The van der Waals surface area contributed by atoms with Gasteiger partial charge in [-0.15, -0.1) is 0 Å². The molecule has 3 heteroatoms. The Balaban J connectivity index is 2.61. The van der Waals surface area contributed by atoms with Gasteiger partial charge >= 0.3 is 0 Å². The van der Waals surface area contributed by atoms with Gasteiger partial charge in [-0.2, -0.15) is 0 Å². The molecule has 0 aliphatic rings. The number of methoxy groups -OCH3 is 1. The Morgan fingerprint density at radius 3 is 2.47 bits per heavy atom. The van der Waals surface area contributed by atoms with Gasteiger partial charge in [0.15, 0.2) is 0 Å². The SMILES string of the molecule is CCC(C)N(CCOC)Cc1ccc(Br)cc1. The van der Waals surface area contributed by atoms with Crippen molar-refractivity contribution in [2.24, 2.45) is 0 Å². The van der Waals surface area contributed by atoms with E-state index in [9.17, 15) is 0 Å². The van der Waals surface area contributed by atoms with Crippen LogP contribution in [0.1, 0.15) is 25.8 Å². The second-order valence-corrected chi connectivity index (χ2v) is 5.26. The minimum atomic E-state index is 0.591. The summed E-state index contributed by atoms with van der Waals surface area (Å²) in [6, 6.07) is 9.13. The normalized spacial score (nSPS) is 13.0. The van der Waals surface area contributed by atoms with Crippen molar-refractivity contribution in [2.75, 3.05) is 20.3 Å². The Labute approximate surface area is 113 Å². The summed E-state index contributed by atoms with van der Waals surface area (Å²) in [6.45, 7) is 7.27. The van der Waals surface area contributed by atoms with Crippen molar-refractivity contribution in [3.8, 4) is 0 Å². The zero-order chi connectivity index (χ0) is 12.7. The van der Waals surface area contributed by atoms with Crippen molar-refractivity contribution < 1.29 is 4.74 Å². The maximum Gasteiger partial charge on any atom is 0.0589 e. The highest BCUT2D eigenvalue weighted by molar-refractivity contribution is 9.10. The minimum absolute atomic E-state index is 0.591. The standard InChI is InChI=1S/C14H22BrNO/c1-4-12(2)16(9-10-17-3)11-13-5-7-14(15)8-6-13/h5-8,12H,4,9-11H2,1-3H3. The fraction of sp³-hybridized carbons (Fsp3) is 0.571. The van der Waals surface area contributed by atoms with Crippen LogP contribution in [0.4, 0.5) is 0 Å². The van der Waals surface area contributed by atoms with Crippen molar-refractivity contribution in [1.82, 2.24) is 4.90 Å². The third kappa shape index (κ3) is 5.19. The second-order valence-electron chi connectivity index (χ2n) is 4.35. The average molecular weight is 300 g/mol. The van der Waals surface area contributed by atoms with Gasteiger partial charge in [-0.3, -0.25) is 4.90 Å². The molecule has 0 saturated carbocycles. The van der Waals surface area contributed by atoms with Crippen LogP contribution in [0.5, 0.6) is 0 Å². The highest BCUT2D eigenvalue weighted by atomic mass is 79.9. The summed E-state index contributed by atoms with van der Waals surface area (Å²) < 4.78 is 6.31. The molecule has 0 radical (unpaired) electrons. The molecule has 0 saturated heterocycles. The fourth-order valence-electron chi connectivity index (χ4n) is 1.75. The molecular weight excluding hydrogens is 278 g/mol. The van der Waals surface area contributed by atoms with E-state index in [0.29, 0.717) is 6.04 Å². The lowest BCUT2D eigenvalue weighted by Crippen LogP contribution is -2.34. The summed E-state index contributed by atoms with van der Waals surface area (Å²) in [7, 11) is 1.76. The number of nitrogens with zero attached hydrogens (tertiary/aromatic N) is 1. The predicted octanol–water partition coefficient (Wildman–Crippen LogP) is 3.70. The van der Waals surface area contributed by atoms with Crippen LogP contribution in [0, 0.1) is 0 Å². The quantitative estimate of drug-likeness (QED) is 0.761. The number of ether oxygens (including phenoxy) is 1. The van der Waals surface area contributed by atoms with Crippen LogP contribution in [-0.4, -0.2) is 31.2 Å². The summed E-state index contributed by atoms with van der Waals surface area (Å²) in [6.07, 6.45) is 1.17. The van der Waals surface area contributed by atoms with Gasteiger partial charge in [0.2, 0.25) is 0 Å². The molecule has 0 spiro atoms. The van der Waals surface area contributed by atoms with Gasteiger partial charge in [-0.05, 0) is 31.0 Å². The number of hydrogen-bond acceptors (Lipinski definition) is 2. The lowest BCUT2D eigenvalue weighted by molar-refractivity contribution is 0.118. The van der Waals surface area contributed by atoms with Crippen LogP contribution in [-0.2, 0) is 11.3 Å². The van der Waals surface area contributed by atoms with Gasteiger partial charge < -0.3 is 4.74 Å². The summed E-state index contributed by atoms with van der Waals surface area (Å²) in [5.74, 6) is 0. The van der Waals surface area contributed by atoms with Crippen molar-refractivity contribution in [3.05, 3.63) is 34.3 Å². The van der Waals surface area contributed by atoms with E-state index in [0.717, 1.165) is 24.2 Å². The molecule has 1 unspecified atom stereocenters. The van der Waals surface area contributed by atoms with Gasteiger partial charge in [-0.25, -0.2) is 0 Å². The molecule has 0 aliphatic carbocycles. The highest BCUT2D eigenvalue weighted by Crippen LogP contribution is 2.14. The van der Waals surface area contributed by atoms with E-state index in [1.807, 2.05) is 0 Å². The summed E-state index contributed by atoms with van der Waals surface area (Å²) in [5, 5.41) is 0. The van der Waals surface area contributed by atoms with Gasteiger partial charge in [0.05, 0.1) is 6.61 Å². The van der Waals surface area contributed by atoms with E-state index in [-0.39, 0.29) is 0 Å². The number of rotatable bonds is 7. The smallest absolute Gasteiger partial charge is 0.0589 e. The molecule has 0 fully saturated rings. The van der Waals surface area contributed by atoms with Crippen LogP contribution in [0.25, 0.3) is 0 Å². The Morgan fingerprint density at radius 1 is 1.29 bits per heavy atom. The molecule has 0 N–H and O–H groups in total. The van der Waals surface area contributed by atoms with Crippen molar-refractivity contribution in [1.29, 1.82) is 0 Å². The lowest BCUT2D eigenvalue weighted by Gasteiger charge is -2.28. The molecule has 0 aromatic heterocycles. The molecule has 1 rings (SSSR count). The molecule has 2 nitrogen and oxygen atoms in total. The molecule has 1 aromatic carbocycles. The van der Waals surface area contributed by atoms with Crippen LogP contribution in [0.15, 0.2) is 28.7 Å². The van der Waals surface area contributed by atoms with Gasteiger partial charge in [0.1, 0.15) is 0 Å². The summed E-state index contributed by atoms with van der Waals surface area (Å²) >= 11 is 3.46. The third-order valence-corrected chi connectivity index (χ3v) is 3.62. The van der Waals surface area contributed by atoms with Gasteiger partial charge in [-0.1, -0.05) is 35.0 Å². The fourth-order valence-corrected chi connectivity index (χ4v) is 2.01. The largest absolute Gasteiger partial charge is 0.383 e. The zero-order valence-electron chi connectivity index (χ0n) is 10.9. The van der Waals surface area contributed by atoms with Gasteiger partial charge in [0.25, 0.3) is 0 Å². The third-order valence-electron chi connectivity index (χ3n) is 3.10. The molecular formula is C14H22BrNO. The molecule has 0 amide bonds. The Bertz CT molecular complexity index is 313. The minimum Gasteiger partial charge on any atom is -0.383 e. The number of halogens is 1. The molecule has 1 aromatic rings. The van der Waals surface area contributed by atoms with Crippen LogP contribution < -0.4 is 0 Å². The summed E-state index contributed by atoms with van der Waals surface area (Å²) in [5.41, 5.74) is 1.35. The first kappa shape index (κ1) is 14.7. The van der Waals surface area contributed by atoms with E-state index in [4.69, 9.17) is 4.74 Å². The lowest BCUT2D eigenvalue weighted by atomic mass is 10.1. The molecule has 0 bridgehead atoms. The predicted molar refractivity (Wildman–Crippen MR) is 76.2 cm³/mol. The monoisotopic (exact) mass is 299 g/mol. The first-order chi connectivity index (χ1) is 8.17. The Hall–Kier alpha value is -0.380. The van der Waals surface area contributed by atoms with E-state index in [2.05, 4.69) is 58.9 Å². The molecule has 0 aliphatic heterocycles. The van der Waals surface area contributed by atoms with E-state index in [1.54, 1.807) is 7.11 Å². The first-order valence-corrected chi connectivity index (χ1v) is 6.94. The summed E-state index contributed by atoms with van der Waals surface area (Å²) in [4.78, 5) is 2.47. The number of benzene rings is 1. The van der Waals surface area contributed by atoms with Gasteiger partial charge in [0, 0.05) is 30.7 Å². The molecule has 0 heterocycles. The second kappa shape index (κ2) is 7.85. The van der Waals surface area contributed by atoms with Crippen LogP contribution >= 0.6 is 15.9 Å². The zero-order valence-corrected chi connectivity index (χ0v) is 12.5. The van der Waals surface area contributed by atoms with E-state index in [1.165, 1.54) is 12.0 Å². The van der Waals surface area contributed by atoms with Crippen molar-refractivity contribution >= 4 is 15.9 Å². The van der Waals surface area contributed by atoms with E-state index >= 15 is 0 Å². The Morgan fingerprint density at radius 2 is 1.94 bits per heavy atom. The number of hydrogen-bond donors (Lipinski definition) is 0. The van der Waals surface area contributed by atoms with Crippen molar-refractivity contribution in [3.63, 3.8) is 0 Å². The molecule has 1 atom stereocenters. The van der Waals surface area contributed by atoms with Crippen molar-refractivity contribution in [2.45, 2.75) is 32.9 Å².